The molecule has 1 atom stereocenters. The quantitative estimate of drug-likeness (QED) is 0.636. The Morgan fingerprint density at radius 3 is 2.65 bits per heavy atom. The van der Waals surface area contributed by atoms with E-state index in [-0.39, 0.29) is 23.6 Å². The van der Waals surface area contributed by atoms with Crippen molar-refractivity contribution in [2.45, 2.75) is 32.8 Å². The molecule has 0 spiro atoms. The summed E-state index contributed by atoms with van der Waals surface area (Å²) in [5, 5.41) is 20.5. The maximum absolute atomic E-state index is 13.0. The molecule has 0 amide bonds. The van der Waals surface area contributed by atoms with Gasteiger partial charge in [-0.15, -0.1) is 0 Å². The summed E-state index contributed by atoms with van der Waals surface area (Å²) in [5.41, 5.74) is 0.0948. The van der Waals surface area contributed by atoms with Gasteiger partial charge in [0, 0.05) is 18.1 Å². The molecule has 0 heterocycles. The largest absolute Gasteiger partial charge is 0.393 e. The predicted octanol–water partition coefficient (Wildman–Crippen LogP) is 2.68. The first-order valence-corrected chi connectivity index (χ1v) is 5.51. The van der Waals surface area contributed by atoms with Crippen LogP contribution >= 0.6 is 0 Å². The third kappa shape index (κ3) is 4.11. The maximum Gasteiger partial charge on any atom is 0.272 e. The van der Waals surface area contributed by atoms with E-state index in [2.05, 4.69) is 0 Å². The summed E-state index contributed by atoms with van der Waals surface area (Å²) in [7, 11) is 0. The van der Waals surface area contributed by atoms with E-state index in [1.807, 2.05) is 13.8 Å². The van der Waals surface area contributed by atoms with Crippen LogP contribution in [-0.4, -0.2) is 16.1 Å². The van der Waals surface area contributed by atoms with Crippen LogP contribution < -0.4 is 0 Å². The van der Waals surface area contributed by atoms with Crippen LogP contribution in [0.2, 0.25) is 0 Å². The van der Waals surface area contributed by atoms with Gasteiger partial charge in [0.15, 0.2) is 0 Å². The minimum absolute atomic E-state index is 0.103. The van der Waals surface area contributed by atoms with Gasteiger partial charge in [-0.25, -0.2) is 4.39 Å². The molecule has 5 heteroatoms. The van der Waals surface area contributed by atoms with Crippen LogP contribution in [0.25, 0.3) is 0 Å². The molecule has 0 saturated carbocycles. The van der Waals surface area contributed by atoms with Crippen LogP contribution in [0.5, 0.6) is 0 Å². The molecule has 0 aliphatic heterocycles. The van der Waals surface area contributed by atoms with Gasteiger partial charge in [0.25, 0.3) is 5.69 Å². The number of rotatable bonds is 5. The Balaban J connectivity index is 2.88. The van der Waals surface area contributed by atoms with Crippen LogP contribution in [0.15, 0.2) is 18.2 Å². The lowest BCUT2D eigenvalue weighted by molar-refractivity contribution is -0.385. The smallest absolute Gasteiger partial charge is 0.272 e. The van der Waals surface area contributed by atoms with E-state index in [1.54, 1.807) is 0 Å². The van der Waals surface area contributed by atoms with E-state index in [0.29, 0.717) is 6.42 Å². The normalized spacial score (nSPS) is 12.8. The second-order valence-electron chi connectivity index (χ2n) is 4.52. The number of halogens is 1. The molecule has 1 unspecified atom stereocenters. The number of hydrogen-bond acceptors (Lipinski definition) is 3. The van der Waals surface area contributed by atoms with Crippen molar-refractivity contribution in [2.24, 2.45) is 5.92 Å². The average molecular weight is 241 g/mol. The Hall–Kier alpha value is -1.49. The lowest BCUT2D eigenvalue weighted by Crippen LogP contribution is -2.14. The molecule has 0 saturated heterocycles. The number of hydrogen-bond donors (Lipinski definition) is 1. The SMILES string of the molecule is CC(C)CC(O)Cc1cc(F)ccc1[N+](=O)[O-]. The van der Waals surface area contributed by atoms with Gasteiger partial charge in [-0.05, 0) is 24.5 Å². The molecule has 1 aromatic carbocycles. The highest BCUT2D eigenvalue weighted by Crippen LogP contribution is 2.22. The summed E-state index contributed by atoms with van der Waals surface area (Å²) < 4.78 is 13.0. The van der Waals surface area contributed by atoms with Gasteiger partial charge in [-0.3, -0.25) is 10.1 Å². The average Bonchev–Trinajstić information content (AvgIpc) is 2.15. The minimum Gasteiger partial charge on any atom is -0.393 e. The van der Waals surface area contributed by atoms with Gasteiger partial charge in [-0.2, -0.15) is 0 Å². The van der Waals surface area contributed by atoms with E-state index in [4.69, 9.17) is 0 Å². The van der Waals surface area contributed by atoms with Crippen LogP contribution in [0, 0.1) is 21.8 Å². The van der Waals surface area contributed by atoms with Crippen molar-refractivity contribution in [3.63, 3.8) is 0 Å². The summed E-state index contributed by atoms with van der Waals surface area (Å²) in [6, 6.07) is 3.30. The number of benzene rings is 1. The van der Waals surface area contributed by atoms with E-state index in [0.717, 1.165) is 18.2 Å². The molecular formula is C12H16FNO3. The van der Waals surface area contributed by atoms with E-state index < -0.39 is 16.8 Å². The summed E-state index contributed by atoms with van der Waals surface area (Å²) in [4.78, 5) is 10.2. The molecule has 4 nitrogen and oxygen atoms in total. The zero-order chi connectivity index (χ0) is 13.0. The fourth-order valence-electron chi connectivity index (χ4n) is 1.78. The fourth-order valence-corrected chi connectivity index (χ4v) is 1.78. The Kier molecular flexibility index (Phi) is 4.57. The van der Waals surface area contributed by atoms with Gasteiger partial charge in [-0.1, -0.05) is 13.8 Å². The third-order valence-electron chi connectivity index (χ3n) is 2.44. The van der Waals surface area contributed by atoms with Crippen molar-refractivity contribution in [3.8, 4) is 0 Å². The lowest BCUT2D eigenvalue weighted by Gasteiger charge is -2.13. The number of aliphatic hydroxyl groups is 1. The number of nitro benzene ring substituents is 1. The van der Waals surface area contributed by atoms with E-state index >= 15 is 0 Å². The number of nitro groups is 1. The Bertz CT molecular complexity index is 407. The molecule has 0 aliphatic carbocycles. The fraction of sp³-hybridized carbons (Fsp3) is 0.500. The lowest BCUT2D eigenvalue weighted by atomic mass is 9.99. The van der Waals surface area contributed by atoms with Crippen LogP contribution in [-0.2, 0) is 6.42 Å². The molecule has 0 radical (unpaired) electrons. The number of nitrogens with zero attached hydrogens (tertiary/aromatic N) is 1. The summed E-state index contributed by atoms with van der Waals surface area (Å²) >= 11 is 0. The molecule has 17 heavy (non-hydrogen) atoms. The molecule has 0 fully saturated rings. The van der Waals surface area contributed by atoms with Crippen molar-refractivity contribution in [1.82, 2.24) is 0 Å². The first kappa shape index (κ1) is 13.6. The molecule has 94 valence electrons. The van der Waals surface area contributed by atoms with Crippen LogP contribution in [0.4, 0.5) is 10.1 Å². The van der Waals surface area contributed by atoms with Gasteiger partial charge in [0.1, 0.15) is 5.82 Å². The molecule has 1 N–H and O–H groups in total. The molecule has 1 aromatic rings. The molecule has 1 rings (SSSR count). The highest BCUT2D eigenvalue weighted by atomic mass is 19.1. The van der Waals surface area contributed by atoms with E-state index in [9.17, 15) is 19.6 Å². The summed E-state index contributed by atoms with van der Waals surface area (Å²) in [5.74, 6) is -0.236. The predicted molar refractivity (Wildman–Crippen MR) is 62.2 cm³/mol. The maximum atomic E-state index is 13.0. The van der Waals surface area contributed by atoms with Gasteiger partial charge < -0.3 is 5.11 Å². The van der Waals surface area contributed by atoms with Gasteiger partial charge >= 0.3 is 0 Å². The van der Waals surface area contributed by atoms with Crippen LogP contribution in [0.1, 0.15) is 25.8 Å². The second-order valence-corrected chi connectivity index (χ2v) is 4.52. The van der Waals surface area contributed by atoms with Crippen LogP contribution in [0.3, 0.4) is 0 Å². The Morgan fingerprint density at radius 2 is 2.12 bits per heavy atom. The molecule has 0 aliphatic rings. The number of aliphatic hydroxyl groups excluding tert-OH is 1. The van der Waals surface area contributed by atoms with E-state index in [1.165, 1.54) is 0 Å². The van der Waals surface area contributed by atoms with Crippen molar-refractivity contribution < 1.29 is 14.4 Å². The second kappa shape index (κ2) is 5.72. The first-order chi connectivity index (χ1) is 7.90. The summed E-state index contributed by atoms with van der Waals surface area (Å²) in [6.07, 6.45) is -0.0459. The van der Waals surface area contributed by atoms with Crippen molar-refractivity contribution in [3.05, 3.63) is 39.7 Å². The molecular weight excluding hydrogens is 225 g/mol. The Morgan fingerprint density at radius 1 is 1.47 bits per heavy atom. The zero-order valence-corrected chi connectivity index (χ0v) is 9.89. The van der Waals surface area contributed by atoms with Crippen molar-refractivity contribution in [2.75, 3.05) is 0 Å². The molecule has 0 bridgehead atoms. The van der Waals surface area contributed by atoms with Crippen molar-refractivity contribution >= 4 is 5.69 Å². The monoisotopic (exact) mass is 241 g/mol. The Labute approximate surface area is 99.2 Å². The highest BCUT2D eigenvalue weighted by Gasteiger charge is 2.18. The minimum atomic E-state index is -0.685. The van der Waals surface area contributed by atoms with Gasteiger partial charge in [0.05, 0.1) is 11.0 Å². The highest BCUT2D eigenvalue weighted by molar-refractivity contribution is 5.40. The standard InChI is InChI=1S/C12H16FNO3/c1-8(2)5-11(15)7-9-6-10(13)3-4-12(9)14(16)17/h3-4,6,8,11,15H,5,7H2,1-2H3. The molecule has 0 aromatic heterocycles. The first-order valence-electron chi connectivity index (χ1n) is 5.51. The zero-order valence-electron chi connectivity index (χ0n) is 9.89. The summed E-state index contributed by atoms with van der Waals surface area (Å²) in [6.45, 7) is 3.90. The third-order valence-corrected chi connectivity index (χ3v) is 2.44. The topological polar surface area (TPSA) is 63.4 Å². The van der Waals surface area contributed by atoms with Crippen molar-refractivity contribution in [1.29, 1.82) is 0 Å². The van der Waals surface area contributed by atoms with Gasteiger partial charge in [0.2, 0.25) is 0 Å².